The van der Waals surface area contributed by atoms with Gasteiger partial charge in [0.25, 0.3) is 0 Å². The molecule has 0 spiro atoms. The fourth-order valence-corrected chi connectivity index (χ4v) is 3.31. The van der Waals surface area contributed by atoms with Gasteiger partial charge in [-0.2, -0.15) is 0 Å². The highest BCUT2D eigenvalue weighted by molar-refractivity contribution is 5.98. The molecule has 1 aromatic carbocycles. The van der Waals surface area contributed by atoms with Gasteiger partial charge in [-0.1, -0.05) is 50.3 Å². The van der Waals surface area contributed by atoms with Crippen molar-refractivity contribution in [1.82, 2.24) is 16.0 Å². The molecule has 1 rings (SSSR count). The van der Waals surface area contributed by atoms with Crippen LogP contribution in [0.4, 0.5) is 0 Å². The molecule has 0 unspecified atom stereocenters. The molecule has 0 radical (unpaired) electrons. The molecular formula is C26H37N3O6. The van der Waals surface area contributed by atoms with Crippen LogP contribution in [0.2, 0.25) is 0 Å². The summed E-state index contributed by atoms with van der Waals surface area (Å²) in [5, 5.41) is 7.92. The zero-order valence-corrected chi connectivity index (χ0v) is 21.1. The van der Waals surface area contributed by atoms with E-state index in [-0.39, 0.29) is 37.1 Å². The number of carbonyl (C=O) groups is 5. The summed E-state index contributed by atoms with van der Waals surface area (Å²) in [6.07, 6.45) is 3.28. The van der Waals surface area contributed by atoms with Crippen molar-refractivity contribution in [3.63, 3.8) is 0 Å². The van der Waals surface area contributed by atoms with Gasteiger partial charge in [0.15, 0.2) is 5.78 Å². The lowest BCUT2D eigenvalue weighted by atomic mass is 9.99. The number of ketones is 1. The molecule has 0 aliphatic heterocycles. The highest BCUT2D eigenvalue weighted by atomic mass is 16.5. The normalized spacial score (nSPS) is 13.5. The smallest absolute Gasteiger partial charge is 0.309 e. The highest BCUT2D eigenvalue weighted by Crippen LogP contribution is 2.08. The minimum Gasteiger partial charge on any atom is -0.466 e. The summed E-state index contributed by atoms with van der Waals surface area (Å²) in [4.78, 5) is 61.3. The van der Waals surface area contributed by atoms with Crippen LogP contribution in [0.25, 0.3) is 0 Å². The maximum atomic E-state index is 12.8. The van der Waals surface area contributed by atoms with Crippen molar-refractivity contribution >= 4 is 29.5 Å². The summed E-state index contributed by atoms with van der Waals surface area (Å²) in [5.41, 5.74) is 0.857. The summed E-state index contributed by atoms with van der Waals surface area (Å²) >= 11 is 0. The Bertz CT molecular complexity index is 898. The van der Waals surface area contributed by atoms with Gasteiger partial charge in [0.2, 0.25) is 17.7 Å². The van der Waals surface area contributed by atoms with Crippen molar-refractivity contribution in [3.8, 4) is 0 Å². The van der Waals surface area contributed by atoms with Gasteiger partial charge in [0.1, 0.15) is 12.1 Å². The zero-order valence-electron chi connectivity index (χ0n) is 21.1. The Morgan fingerprint density at radius 3 is 2.14 bits per heavy atom. The van der Waals surface area contributed by atoms with E-state index in [0.29, 0.717) is 6.42 Å². The molecule has 0 heterocycles. The van der Waals surface area contributed by atoms with Gasteiger partial charge < -0.3 is 20.7 Å². The van der Waals surface area contributed by atoms with E-state index in [4.69, 9.17) is 4.74 Å². The maximum absolute atomic E-state index is 12.8. The third-order valence-corrected chi connectivity index (χ3v) is 4.97. The number of nitrogens with one attached hydrogen (secondary N) is 3. The second-order valence-electron chi connectivity index (χ2n) is 8.68. The number of hydrogen-bond donors (Lipinski definition) is 3. The number of hydrogen-bond acceptors (Lipinski definition) is 6. The van der Waals surface area contributed by atoms with E-state index in [9.17, 15) is 24.0 Å². The van der Waals surface area contributed by atoms with E-state index in [2.05, 4.69) is 16.0 Å². The first kappa shape index (κ1) is 29.5. The second-order valence-corrected chi connectivity index (χ2v) is 8.68. The van der Waals surface area contributed by atoms with Crippen molar-refractivity contribution in [2.45, 2.75) is 72.0 Å². The fraction of sp³-hybridized carbons (Fsp3) is 0.500. The minimum atomic E-state index is -0.944. The molecule has 0 fully saturated rings. The van der Waals surface area contributed by atoms with Gasteiger partial charge in [-0.3, -0.25) is 24.0 Å². The van der Waals surface area contributed by atoms with Crippen LogP contribution >= 0.6 is 0 Å². The molecule has 1 aromatic rings. The number of benzene rings is 1. The van der Waals surface area contributed by atoms with Gasteiger partial charge in [-0.15, -0.1) is 0 Å². The summed E-state index contributed by atoms with van der Waals surface area (Å²) in [7, 11) is 0. The SMILES string of the molecule is CCOC(=O)C/C=C/C(=O)[C@H](CC(C)C)NC(=O)[C@H](C)NC(=O)[C@H](Cc1ccccc1)NC(C)=O. The molecule has 0 bridgehead atoms. The van der Waals surface area contributed by atoms with Gasteiger partial charge in [0.05, 0.1) is 19.1 Å². The Hall–Kier alpha value is -3.49. The molecule has 9 nitrogen and oxygen atoms in total. The van der Waals surface area contributed by atoms with Gasteiger partial charge in [-0.05, 0) is 37.8 Å². The topological polar surface area (TPSA) is 131 Å². The van der Waals surface area contributed by atoms with E-state index >= 15 is 0 Å². The van der Waals surface area contributed by atoms with Crippen LogP contribution in [0, 0.1) is 5.92 Å². The van der Waals surface area contributed by atoms with Crippen LogP contribution in [0.15, 0.2) is 42.5 Å². The number of rotatable bonds is 14. The van der Waals surface area contributed by atoms with E-state index in [1.165, 1.54) is 26.0 Å². The van der Waals surface area contributed by atoms with Crippen LogP contribution < -0.4 is 16.0 Å². The maximum Gasteiger partial charge on any atom is 0.309 e. The van der Waals surface area contributed by atoms with E-state index in [1.807, 2.05) is 44.2 Å². The average Bonchev–Trinajstić information content (AvgIpc) is 2.78. The van der Waals surface area contributed by atoms with Crippen LogP contribution in [0.5, 0.6) is 0 Å². The van der Waals surface area contributed by atoms with Gasteiger partial charge in [0, 0.05) is 13.3 Å². The van der Waals surface area contributed by atoms with Crippen LogP contribution in [0.1, 0.15) is 53.0 Å². The Balaban J connectivity index is 2.80. The molecule has 3 N–H and O–H groups in total. The van der Waals surface area contributed by atoms with Crippen molar-refractivity contribution in [2.75, 3.05) is 6.61 Å². The minimum absolute atomic E-state index is 0.0413. The first-order chi connectivity index (χ1) is 16.5. The highest BCUT2D eigenvalue weighted by Gasteiger charge is 2.27. The van der Waals surface area contributed by atoms with Gasteiger partial charge >= 0.3 is 5.97 Å². The summed E-state index contributed by atoms with van der Waals surface area (Å²) < 4.78 is 4.82. The van der Waals surface area contributed by atoms with Crippen molar-refractivity contribution in [2.24, 2.45) is 5.92 Å². The lowest BCUT2D eigenvalue weighted by molar-refractivity contribution is -0.142. The van der Waals surface area contributed by atoms with Crippen LogP contribution in [0.3, 0.4) is 0 Å². The number of esters is 1. The van der Waals surface area contributed by atoms with Crippen LogP contribution in [-0.2, 0) is 35.1 Å². The third-order valence-electron chi connectivity index (χ3n) is 4.97. The number of amides is 3. The quantitative estimate of drug-likeness (QED) is 0.271. The molecule has 0 aromatic heterocycles. The molecule has 3 amide bonds. The Morgan fingerprint density at radius 2 is 1.57 bits per heavy atom. The molecule has 0 saturated heterocycles. The Morgan fingerprint density at radius 1 is 0.914 bits per heavy atom. The van der Waals surface area contributed by atoms with Gasteiger partial charge in [-0.25, -0.2) is 0 Å². The fourth-order valence-electron chi connectivity index (χ4n) is 3.31. The molecular weight excluding hydrogens is 450 g/mol. The third kappa shape index (κ3) is 12.0. The number of ether oxygens (including phenoxy) is 1. The molecule has 35 heavy (non-hydrogen) atoms. The average molecular weight is 488 g/mol. The predicted molar refractivity (Wildman–Crippen MR) is 132 cm³/mol. The lowest BCUT2D eigenvalue weighted by Gasteiger charge is -2.23. The lowest BCUT2D eigenvalue weighted by Crippen LogP contribution is -2.55. The van der Waals surface area contributed by atoms with Crippen molar-refractivity contribution < 1.29 is 28.7 Å². The van der Waals surface area contributed by atoms with E-state index < -0.39 is 35.9 Å². The molecule has 0 aliphatic rings. The monoisotopic (exact) mass is 487 g/mol. The summed E-state index contributed by atoms with van der Waals surface area (Å²) in [6.45, 7) is 8.61. The predicted octanol–water partition coefficient (Wildman–Crippen LogP) is 1.85. The molecule has 0 aliphatic carbocycles. The first-order valence-corrected chi connectivity index (χ1v) is 11.8. The summed E-state index contributed by atoms with van der Waals surface area (Å²) in [5.74, 6) is -2.08. The van der Waals surface area contributed by atoms with Crippen molar-refractivity contribution in [1.29, 1.82) is 0 Å². The van der Waals surface area contributed by atoms with Crippen LogP contribution in [-0.4, -0.2) is 54.2 Å². The second kappa shape index (κ2) is 15.4. The molecule has 192 valence electrons. The van der Waals surface area contributed by atoms with Crippen molar-refractivity contribution in [3.05, 3.63) is 48.0 Å². The van der Waals surface area contributed by atoms with E-state index in [1.54, 1.807) is 6.92 Å². The first-order valence-electron chi connectivity index (χ1n) is 11.8. The standard InChI is InChI=1S/C26H37N3O6/c1-6-35-24(32)14-10-13-23(31)21(15-17(2)3)29-25(33)18(4)27-26(34)22(28-19(5)30)16-20-11-8-7-9-12-20/h7-13,17-18,21-22H,6,14-16H2,1-5H3,(H,27,34)(H,28,30)(H,29,33)/b13-10+/t18-,21-,22-/m0/s1. The Labute approximate surface area is 207 Å². The van der Waals surface area contributed by atoms with E-state index in [0.717, 1.165) is 5.56 Å². The molecule has 3 atom stereocenters. The number of carbonyl (C=O) groups excluding carboxylic acids is 5. The molecule has 0 saturated carbocycles. The molecule has 9 heteroatoms. The Kier molecular flexibility index (Phi) is 13.0. The largest absolute Gasteiger partial charge is 0.466 e. The summed E-state index contributed by atoms with van der Waals surface area (Å²) in [6, 6.07) is 6.60. The zero-order chi connectivity index (χ0) is 26.4.